The van der Waals surface area contributed by atoms with Crippen LogP contribution >= 0.6 is 0 Å². The van der Waals surface area contributed by atoms with Gasteiger partial charge in [0, 0.05) is 33.0 Å². The van der Waals surface area contributed by atoms with E-state index in [0.717, 1.165) is 42.6 Å². The van der Waals surface area contributed by atoms with Crippen LogP contribution in [0.5, 0.6) is 0 Å². The number of nitrogens with one attached hydrogen (secondary N) is 2. The van der Waals surface area contributed by atoms with Gasteiger partial charge in [0.15, 0.2) is 0 Å². The quantitative estimate of drug-likeness (QED) is 0.143. The Morgan fingerprint density at radius 1 is 1.07 bits per heavy atom. The Morgan fingerprint density at radius 3 is 2.30 bits per heavy atom. The van der Waals surface area contributed by atoms with Crippen molar-refractivity contribution in [3.63, 3.8) is 0 Å². The van der Waals surface area contributed by atoms with Crippen LogP contribution in [0, 0.1) is 24.2 Å². The molecule has 1 aromatic rings. The first-order valence-corrected chi connectivity index (χ1v) is 15.8. The zero-order valence-corrected chi connectivity index (χ0v) is 26.8. The van der Waals surface area contributed by atoms with Crippen LogP contribution in [-0.4, -0.2) is 102 Å². The van der Waals surface area contributed by atoms with Gasteiger partial charge in [0.1, 0.15) is 12.1 Å². The summed E-state index contributed by atoms with van der Waals surface area (Å²) in [5.41, 5.74) is 0.773. The predicted octanol–water partition coefficient (Wildman–Crippen LogP) is 3.06. The molecule has 3 amide bonds. The number of rotatable bonds is 18. The molecule has 0 aliphatic heterocycles. The van der Waals surface area contributed by atoms with E-state index in [1.165, 1.54) is 25.1 Å². The zero-order chi connectivity index (χ0) is 34.3. The first-order valence-electron chi connectivity index (χ1n) is 15.8. The Balaban J connectivity index is 2.17. The standard InChI is InChI=1S/C34H49F3N4O5/c1-5-13-27(33(46)39-28(31(44)29(42)6-2)21-25-16-11-8-12-17-25)38-32(45)26(20-24-14-9-7-10-15-24)22-30(43)41(4)19-18-40(3)23-34(35,36)37/h1,6-7,9-10,14-15,25-29,31,42,44H,2,8,11-13,16-23H2,3-4H3,(H,38,45)(H,39,46)/t26-,27+,28+,29+,31-/m1/s1. The zero-order valence-electron chi connectivity index (χ0n) is 26.8. The van der Waals surface area contributed by atoms with Gasteiger partial charge in [0.05, 0.1) is 24.6 Å². The summed E-state index contributed by atoms with van der Waals surface area (Å²) in [5, 5.41) is 26.6. The molecule has 0 spiro atoms. The van der Waals surface area contributed by atoms with Crippen LogP contribution in [-0.2, 0) is 20.8 Å². The van der Waals surface area contributed by atoms with Crippen molar-refractivity contribution in [3.8, 4) is 12.3 Å². The van der Waals surface area contributed by atoms with E-state index in [0.29, 0.717) is 6.42 Å². The third-order valence-corrected chi connectivity index (χ3v) is 8.41. The highest BCUT2D eigenvalue weighted by Crippen LogP contribution is 2.28. The molecule has 12 heteroatoms. The third kappa shape index (κ3) is 13.9. The summed E-state index contributed by atoms with van der Waals surface area (Å²) in [6.45, 7) is 2.42. The molecule has 46 heavy (non-hydrogen) atoms. The van der Waals surface area contributed by atoms with Crippen LogP contribution in [0.1, 0.15) is 56.9 Å². The van der Waals surface area contributed by atoms with Crippen LogP contribution in [0.4, 0.5) is 13.2 Å². The van der Waals surface area contributed by atoms with Crippen LogP contribution < -0.4 is 10.6 Å². The summed E-state index contributed by atoms with van der Waals surface area (Å²) in [6.07, 6.45) is 5.07. The van der Waals surface area contributed by atoms with Gasteiger partial charge in [-0.25, -0.2) is 0 Å². The average molecular weight is 651 g/mol. The molecule has 0 radical (unpaired) electrons. The van der Waals surface area contributed by atoms with E-state index in [1.807, 2.05) is 6.07 Å². The van der Waals surface area contributed by atoms with E-state index in [2.05, 4.69) is 23.1 Å². The molecular formula is C34H49F3N4O5. The normalized spacial score (nSPS) is 17.2. The second-order valence-corrected chi connectivity index (χ2v) is 12.3. The van der Waals surface area contributed by atoms with E-state index < -0.39 is 60.7 Å². The number of aliphatic hydroxyl groups excluding tert-OH is 2. The van der Waals surface area contributed by atoms with Crippen LogP contribution in [0.25, 0.3) is 0 Å². The Kier molecular flexibility index (Phi) is 16.3. The highest BCUT2D eigenvalue weighted by molar-refractivity contribution is 5.91. The average Bonchev–Trinajstić information content (AvgIpc) is 3.02. The highest BCUT2D eigenvalue weighted by Gasteiger charge is 2.34. The van der Waals surface area contributed by atoms with Gasteiger partial charge in [-0.05, 0) is 31.4 Å². The fraction of sp³-hybridized carbons (Fsp3) is 0.618. The molecule has 0 bridgehead atoms. The van der Waals surface area contributed by atoms with Crippen molar-refractivity contribution in [2.75, 3.05) is 33.7 Å². The molecule has 0 aromatic heterocycles. The molecule has 1 saturated carbocycles. The van der Waals surface area contributed by atoms with Crippen LogP contribution in [0.15, 0.2) is 43.0 Å². The van der Waals surface area contributed by atoms with Gasteiger partial charge < -0.3 is 25.7 Å². The lowest BCUT2D eigenvalue weighted by Gasteiger charge is -2.32. The second kappa shape index (κ2) is 19.3. The number of amides is 3. The molecule has 0 saturated heterocycles. The Morgan fingerprint density at radius 2 is 1.72 bits per heavy atom. The first kappa shape index (κ1) is 38.8. The molecule has 1 aliphatic carbocycles. The maximum Gasteiger partial charge on any atom is 0.401 e. The molecule has 1 aliphatic rings. The number of aliphatic hydroxyl groups is 2. The Labute approximate surface area is 270 Å². The summed E-state index contributed by atoms with van der Waals surface area (Å²) >= 11 is 0. The summed E-state index contributed by atoms with van der Waals surface area (Å²) in [6, 6.07) is 7.00. The third-order valence-electron chi connectivity index (χ3n) is 8.41. The van der Waals surface area contributed by atoms with Gasteiger partial charge in [0.25, 0.3) is 0 Å². The van der Waals surface area contributed by atoms with Crippen molar-refractivity contribution < 1.29 is 37.8 Å². The van der Waals surface area contributed by atoms with E-state index in [-0.39, 0.29) is 38.3 Å². The molecule has 9 nitrogen and oxygen atoms in total. The molecule has 0 unspecified atom stereocenters. The fourth-order valence-electron chi connectivity index (χ4n) is 5.70. The number of likely N-dealkylation sites (N-methyl/N-ethyl adjacent to an activating group) is 2. The number of halogens is 3. The summed E-state index contributed by atoms with van der Waals surface area (Å²) in [4.78, 5) is 42.6. The highest BCUT2D eigenvalue weighted by atomic mass is 19.4. The Hall–Kier alpha value is -3.40. The van der Waals surface area contributed by atoms with Crippen LogP contribution in [0.3, 0.4) is 0 Å². The lowest BCUT2D eigenvalue weighted by atomic mass is 9.83. The maximum atomic E-state index is 13.6. The largest absolute Gasteiger partial charge is 0.401 e. The topological polar surface area (TPSA) is 122 Å². The van der Waals surface area contributed by atoms with Crippen LogP contribution in [0.2, 0.25) is 0 Å². The van der Waals surface area contributed by atoms with Crippen molar-refractivity contribution in [2.45, 2.75) is 88.3 Å². The molecule has 0 heterocycles. The first-order chi connectivity index (χ1) is 21.7. The SMILES string of the molecule is C#CC[C@H](NC(=O)[C@@H](CC(=O)N(C)CCN(C)CC(F)(F)F)Cc1ccccc1)C(=O)N[C@@H](CC1CCCCC1)[C@@H](O)[C@@H](O)C=C. The molecular weight excluding hydrogens is 601 g/mol. The van der Waals surface area contributed by atoms with Crippen molar-refractivity contribution in [1.82, 2.24) is 20.4 Å². The molecule has 2 rings (SSSR count). The molecule has 1 fully saturated rings. The number of alkyl halides is 3. The minimum Gasteiger partial charge on any atom is -0.388 e. The fourth-order valence-corrected chi connectivity index (χ4v) is 5.70. The minimum atomic E-state index is -4.36. The lowest BCUT2D eigenvalue weighted by Crippen LogP contribution is -2.55. The van der Waals surface area contributed by atoms with Crippen molar-refractivity contribution in [3.05, 3.63) is 48.6 Å². The molecule has 5 atom stereocenters. The monoisotopic (exact) mass is 650 g/mol. The minimum absolute atomic E-state index is 0.0177. The number of hydrogen-bond donors (Lipinski definition) is 4. The summed E-state index contributed by atoms with van der Waals surface area (Å²) < 4.78 is 38.1. The summed E-state index contributed by atoms with van der Waals surface area (Å²) in [7, 11) is 2.77. The lowest BCUT2D eigenvalue weighted by molar-refractivity contribution is -0.144. The number of benzene rings is 1. The van der Waals surface area contributed by atoms with Gasteiger partial charge in [-0.2, -0.15) is 13.2 Å². The Bertz CT molecular complexity index is 1150. The van der Waals surface area contributed by atoms with E-state index in [9.17, 15) is 37.8 Å². The number of terminal acetylenes is 1. The maximum absolute atomic E-state index is 13.6. The van der Waals surface area contributed by atoms with Crippen molar-refractivity contribution in [1.29, 1.82) is 0 Å². The van der Waals surface area contributed by atoms with Gasteiger partial charge in [-0.3, -0.25) is 19.3 Å². The molecule has 1 aromatic carbocycles. The number of nitrogens with zero attached hydrogens (tertiary/aromatic N) is 2. The van der Waals surface area contributed by atoms with E-state index in [1.54, 1.807) is 24.3 Å². The molecule has 256 valence electrons. The van der Waals surface area contributed by atoms with E-state index in [4.69, 9.17) is 6.42 Å². The molecule has 4 N–H and O–H groups in total. The predicted molar refractivity (Wildman–Crippen MR) is 170 cm³/mol. The van der Waals surface area contributed by atoms with Gasteiger partial charge in [-0.1, -0.05) is 68.5 Å². The number of carbonyl (C=O) groups excluding carboxylic acids is 3. The second-order valence-electron chi connectivity index (χ2n) is 12.3. The van der Waals surface area contributed by atoms with Crippen molar-refractivity contribution >= 4 is 17.7 Å². The van der Waals surface area contributed by atoms with E-state index >= 15 is 0 Å². The van der Waals surface area contributed by atoms with Gasteiger partial charge in [0.2, 0.25) is 17.7 Å². The van der Waals surface area contributed by atoms with Gasteiger partial charge >= 0.3 is 6.18 Å². The van der Waals surface area contributed by atoms with Gasteiger partial charge in [-0.15, -0.1) is 18.9 Å². The van der Waals surface area contributed by atoms with Crippen molar-refractivity contribution in [2.24, 2.45) is 11.8 Å². The smallest absolute Gasteiger partial charge is 0.388 e. The summed E-state index contributed by atoms with van der Waals surface area (Å²) in [5.74, 6) is 0.0741. The number of hydrogen-bond acceptors (Lipinski definition) is 6. The number of carbonyl (C=O) groups is 3.